The molecular weight excluding hydrogens is 292 g/mol. The second-order valence-electron chi connectivity index (χ2n) is 5.88. The van der Waals surface area contributed by atoms with Crippen LogP contribution in [0.25, 0.3) is 0 Å². The molecule has 1 aliphatic rings. The smallest absolute Gasteiger partial charge is 0.307 e. The van der Waals surface area contributed by atoms with Gasteiger partial charge in [-0.15, -0.1) is 0 Å². The molecule has 3 rings (SSSR count). The first-order chi connectivity index (χ1) is 11.2. The van der Waals surface area contributed by atoms with Crippen molar-refractivity contribution in [2.45, 2.75) is 44.6 Å². The number of carbonyl (C=O) groups is 1. The van der Waals surface area contributed by atoms with Crippen molar-refractivity contribution >= 4 is 11.8 Å². The quantitative estimate of drug-likeness (QED) is 0.827. The second-order valence-corrected chi connectivity index (χ2v) is 5.88. The Bertz CT molecular complexity index is 677. The van der Waals surface area contributed by atoms with Crippen molar-refractivity contribution in [3.8, 4) is 0 Å². The minimum Gasteiger partial charge on any atom is -0.466 e. The Morgan fingerprint density at radius 3 is 2.83 bits per heavy atom. The highest BCUT2D eigenvalue weighted by atomic mass is 16.5. The number of hydrogen-bond acceptors (Lipinski definition) is 5. The van der Waals surface area contributed by atoms with Gasteiger partial charge in [0.15, 0.2) is 0 Å². The molecule has 0 saturated heterocycles. The summed E-state index contributed by atoms with van der Waals surface area (Å²) in [5, 5.41) is 4.66. The first-order valence-corrected chi connectivity index (χ1v) is 8.06. The lowest BCUT2D eigenvalue weighted by atomic mass is 9.64. The Hall–Kier alpha value is -2.37. The molecule has 0 atom stereocenters. The molecule has 2 N–H and O–H groups in total. The van der Waals surface area contributed by atoms with Gasteiger partial charge in [0, 0.05) is 12.3 Å². The maximum Gasteiger partial charge on any atom is 0.307 e. The number of pyridine rings is 1. The number of nitrogen functional groups attached to an aromatic ring is 1. The zero-order chi connectivity index (χ0) is 16.3. The van der Waals surface area contributed by atoms with Crippen LogP contribution in [0.4, 0.5) is 5.82 Å². The Kier molecular flexibility index (Phi) is 4.32. The van der Waals surface area contributed by atoms with E-state index in [0.29, 0.717) is 19.0 Å². The zero-order valence-electron chi connectivity index (χ0n) is 13.4. The predicted molar refractivity (Wildman–Crippen MR) is 86.8 cm³/mol. The molecule has 122 valence electrons. The van der Waals surface area contributed by atoms with Gasteiger partial charge in [0.1, 0.15) is 5.82 Å². The van der Waals surface area contributed by atoms with Crippen LogP contribution in [0.15, 0.2) is 30.5 Å². The van der Waals surface area contributed by atoms with Gasteiger partial charge in [-0.2, -0.15) is 5.10 Å². The molecule has 1 saturated carbocycles. The minimum atomic E-state index is -0.230. The molecule has 1 aliphatic carbocycles. The number of anilines is 1. The normalized spacial score (nSPS) is 15.9. The molecule has 6 heteroatoms. The summed E-state index contributed by atoms with van der Waals surface area (Å²) in [6, 6.07) is 7.89. The van der Waals surface area contributed by atoms with Crippen LogP contribution in [0.1, 0.15) is 44.0 Å². The number of aryl methyl sites for hydroxylation is 1. The highest BCUT2D eigenvalue weighted by molar-refractivity contribution is 5.69. The van der Waals surface area contributed by atoms with E-state index in [1.54, 1.807) is 11.6 Å². The molecule has 0 bridgehead atoms. The summed E-state index contributed by atoms with van der Waals surface area (Å²) >= 11 is 0. The van der Waals surface area contributed by atoms with Gasteiger partial charge in [-0.25, -0.2) is 4.68 Å². The van der Waals surface area contributed by atoms with Crippen LogP contribution in [0, 0.1) is 0 Å². The van der Waals surface area contributed by atoms with E-state index in [9.17, 15) is 4.79 Å². The third-order valence-corrected chi connectivity index (χ3v) is 4.50. The Morgan fingerprint density at radius 1 is 1.39 bits per heavy atom. The Morgan fingerprint density at radius 2 is 2.22 bits per heavy atom. The molecule has 6 nitrogen and oxygen atoms in total. The number of nitrogens with zero attached hydrogens (tertiary/aromatic N) is 3. The highest BCUT2D eigenvalue weighted by Gasteiger charge is 2.43. The molecule has 0 unspecified atom stereocenters. The first-order valence-electron chi connectivity index (χ1n) is 8.06. The molecule has 0 spiro atoms. The molecular formula is C17H22N4O2. The summed E-state index contributed by atoms with van der Waals surface area (Å²) < 4.78 is 6.64. The van der Waals surface area contributed by atoms with Crippen LogP contribution >= 0.6 is 0 Å². The standard InChI is InChI=1S/C17H22N4O2/c1-2-23-16(22)7-11-21-15(18)12-14(20-21)17(8-5-9-17)13-6-3-4-10-19-13/h3-4,6,10,12H,2,5,7-9,11,18H2,1H3. The van der Waals surface area contributed by atoms with E-state index in [0.717, 1.165) is 30.7 Å². The first kappa shape index (κ1) is 15.5. The largest absolute Gasteiger partial charge is 0.466 e. The average Bonchev–Trinajstić information content (AvgIpc) is 2.87. The van der Waals surface area contributed by atoms with Gasteiger partial charge in [-0.05, 0) is 31.9 Å². The van der Waals surface area contributed by atoms with E-state index in [1.807, 2.05) is 30.5 Å². The molecule has 2 heterocycles. The van der Waals surface area contributed by atoms with Gasteiger partial charge in [-0.1, -0.05) is 12.5 Å². The van der Waals surface area contributed by atoms with Crippen molar-refractivity contribution in [1.29, 1.82) is 0 Å². The van der Waals surface area contributed by atoms with Crippen molar-refractivity contribution < 1.29 is 9.53 Å². The van der Waals surface area contributed by atoms with E-state index in [-0.39, 0.29) is 17.8 Å². The maximum absolute atomic E-state index is 11.5. The van der Waals surface area contributed by atoms with Crippen LogP contribution < -0.4 is 5.73 Å². The van der Waals surface area contributed by atoms with E-state index in [2.05, 4.69) is 10.1 Å². The maximum atomic E-state index is 11.5. The lowest BCUT2D eigenvalue weighted by molar-refractivity contribution is -0.143. The predicted octanol–water partition coefficient (Wildman–Crippen LogP) is 2.28. The molecule has 0 aromatic carbocycles. The summed E-state index contributed by atoms with van der Waals surface area (Å²) in [6.45, 7) is 2.62. The molecule has 2 aromatic heterocycles. The minimum absolute atomic E-state index is 0.134. The topological polar surface area (TPSA) is 83.0 Å². The third-order valence-electron chi connectivity index (χ3n) is 4.50. The molecule has 0 aliphatic heterocycles. The van der Waals surface area contributed by atoms with Crippen molar-refractivity contribution in [2.75, 3.05) is 12.3 Å². The van der Waals surface area contributed by atoms with Crippen molar-refractivity contribution in [1.82, 2.24) is 14.8 Å². The number of carbonyl (C=O) groups excluding carboxylic acids is 1. The summed E-state index contributed by atoms with van der Waals surface area (Å²) in [6.07, 6.45) is 5.30. The molecule has 2 aromatic rings. The Balaban J connectivity index is 1.81. The molecule has 0 radical (unpaired) electrons. The van der Waals surface area contributed by atoms with E-state index < -0.39 is 0 Å². The molecule has 0 amide bonds. The number of hydrogen-bond donors (Lipinski definition) is 1. The second kappa shape index (κ2) is 6.40. The number of rotatable bonds is 6. The average molecular weight is 314 g/mol. The molecule has 1 fully saturated rings. The fourth-order valence-corrected chi connectivity index (χ4v) is 3.09. The monoisotopic (exact) mass is 314 g/mol. The van der Waals surface area contributed by atoms with Crippen molar-refractivity contribution in [2.24, 2.45) is 0 Å². The lowest BCUT2D eigenvalue weighted by Crippen LogP contribution is -2.37. The van der Waals surface area contributed by atoms with Gasteiger partial charge < -0.3 is 10.5 Å². The van der Waals surface area contributed by atoms with Crippen LogP contribution in [0.3, 0.4) is 0 Å². The number of aromatic nitrogens is 3. The van der Waals surface area contributed by atoms with Crippen LogP contribution in [0.5, 0.6) is 0 Å². The third kappa shape index (κ3) is 2.93. The van der Waals surface area contributed by atoms with Crippen molar-refractivity contribution in [3.63, 3.8) is 0 Å². The van der Waals surface area contributed by atoms with Gasteiger partial charge in [-0.3, -0.25) is 9.78 Å². The fourth-order valence-electron chi connectivity index (χ4n) is 3.09. The lowest BCUT2D eigenvalue weighted by Gasteiger charge is -2.39. The van der Waals surface area contributed by atoms with Crippen LogP contribution in [0.2, 0.25) is 0 Å². The highest BCUT2D eigenvalue weighted by Crippen LogP contribution is 2.47. The zero-order valence-corrected chi connectivity index (χ0v) is 13.4. The van der Waals surface area contributed by atoms with Crippen LogP contribution in [-0.4, -0.2) is 27.3 Å². The van der Waals surface area contributed by atoms with E-state index >= 15 is 0 Å². The summed E-state index contributed by atoms with van der Waals surface area (Å²) in [7, 11) is 0. The van der Waals surface area contributed by atoms with Gasteiger partial charge in [0.25, 0.3) is 0 Å². The molecule has 23 heavy (non-hydrogen) atoms. The Labute approximate surface area is 135 Å². The number of nitrogens with two attached hydrogens (primary N) is 1. The fraction of sp³-hybridized carbons (Fsp3) is 0.471. The van der Waals surface area contributed by atoms with Gasteiger partial charge >= 0.3 is 5.97 Å². The van der Waals surface area contributed by atoms with E-state index in [4.69, 9.17) is 10.5 Å². The van der Waals surface area contributed by atoms with Crippen LogP contribution in [-0.2, 0) is 21.5 Å². The van der Waals surface area contributed by atoms with E-state index in [1.165, 1.54) is 0 Å². The van der Waals surface area contributed by atoms with Crippen molar-refractivity contribution in [3.05, 3.63) is 41.9 Å². The summed E-state index contributed by atoms with van der Waals surface area (Å²) in [5.74, 6) is 0.346. The van der Waals surface area contributed by atoms with Gasteiger partial charge in [0.2, 0.25) is 0 Å². The van der Waals surface area contributed by atoms with Gasteiger partial charge in [0.05, 0.1) is 36.4 Å². The number of esters is 1. The SMILES string of the molecule is CCOC(=O)CCn1nc(C2(c3ccccn3)CCC2)cc1N. The summed E-state index contributed by atoms with van der Waals surface area (Å²) in [5.41, 5.74) is 7.94. The summed E-state index contributed by atoms with van der Waals surface area (Å²) in [4.78, 5) is 16.0. The number of ether oxygens (including phenoxy) is 1.